The number of benzene rings is 2. The molecule has 0 fully saturated rings. The number of urea groups is 1. The molecule has 0 bridgehead atoms. The van der Waals surface area contributed by atoms with Gasteiger partial charge in [-0.25, -0.2) is 9.78 Å². The molecule has 0 aliphatic carbocycles. The fourth-order valence-electron chi connectivity index (χ4n) is 3.09. The van der Waals surface area contributed by atoms with Gasteiger partial charge in [-0.1, -0.05) is 23.3 Å². The second-order valence-corrected chi connectivity index (χ2v) is 9.01. The number of carbonyl (C=O) groups excluding carboxylic acids is 2. The van der Waals surface area contributed by atoms with E-state index in [9.17, 15) is 22.8 Å². The number of carbonyl (C=O) groups is 2. The Hall–Kier alpha value is -4.39. The van der Waals surface area contributed by atoms with Gasteiger partial charge in [-0.3, -0.25) is 10.1 Å². The Labute approximate surface area is 221 Å². The Bertz CT molecular complexity index is 1450. The maximum Gasteiger partial charge on any atom is 0.417 e. The van der Waals surface area contributed by atoms with Crippen LogP contribution in [0, 0.1) is 30.1 Å². The molecule has 3 rings (SSSR count). The highest BCUT2D eigenvalue weighted by molar-refractivity contribution is 7.16. The minimum atomic E-state index is -4.74. The molecular weight excluding hydrogens is 519 g/mol. The molecule has 38 heavy (non-hydrogen) atoms. The van der Waals surface area contributed by atoms with E-state index >= 15 is 0 Å². The Morgan fingerprint density at radius 1 is 1.13 bits per heavy atom. The van der Waals surface area contributed by atoms with Crippen molar-refractivity contribution in [1.82, 2.24) is 9.88 Å². The lowest BCUT2D eigenvalue weighted by atomic mass is 10.0. The topological polar surface area (TPSA) is 107 Å². The highest BCUT2D eigenvalue weighted by Crippen LogP contribution is 2.33. The maximum atomic E-state index is 13.2. The first-order valence-corrected chi connectivity index (χ1v) is 11.9. The van der Waals surface area contributed by atoms with E-state index in [1.54, 1.807) is 27.1 Å². The van der Waals surface area contributed by atoms with Crippen LogP contribution in [0.5, 0.6) is 0 Å². The first-order valence-electron chi connectivity index (χ1n) is 11.0. The number of halogens is 3. The van der Waals surface area contributed by atoms with Gasteiger partial charge in [-0.2, -0.15) is 18.4 Å². The molecule has 1 heterocycles. The molecule has 1 aromatic heterocycles. The summed E-state index contributed by atoms with van der Waals surface area (Å²) in [4.78, 5) is 31.1. The first-order chi connectivity index (χ1) is 18.0. The summed E-state index contributed by atoms with van der Waals surface area (Å²) in [5.41, 5.74) is -0.255. The zero-order valence-electron chi connectivity index (χ0n) is 20.6. The maximum absolute atomic E-state index is 13.2. The van der Waals surface area contributed by atoms with Crippen molar-refractivity contribution < 1.29 is 27.5 Å². The molecule has 12 heteroatoms. The van der Waals surface area contributed by atoms with Crippen LogP contribution in [0.3, 0.4) is 0 Å². The summed E-state index contributed by atoms with van der Waals surface area (Å²) in [6.45, 7) is 2.62. The average Bonchev–Trinajstić information content (AvgIpc) is 3.33. The molecular formula is C26H22F3N5O3S. The van der Waals surface area contributed by atoms with E-state index in [1.165, 1.54) is 46.7 Å². The number of nitrogens with zero attached hydrogens (tertiary/aromatic N) is 3. The van der Waals surface area contributed by atoms with E-state index in [-0.39, 0.29) is 17.3 Å². The molecule has 0 aliphatic rings. The van der Waals surface area contributed by atoms with E-state index in [0.717, 1.165) is 17.7 Å². The van der Waals surface area contributed by atoms with Crippen LogP contribution in [-0.2, 0) is 10.9 Å². The number of anilines is 2. The number of likely N-dealkylation sites (N-methyl/N-ethyl adjacent to an activating group) is 1. The zero-order chi connectivity index (χ0) is 27.9. The number of aryl methyl sites for hydroxylation is 1. The third-order valence-electron chi connectivity index (χ3n) is 5.22. The van der Waals surface area contributed by atoms with Gasteiger partial charge in [-0.15, -0.1) is 0 Å². The lowest BCUT2D eigenvalue weighted by molar-refractivity contribution is -0.137. The summed E-state index contributed by atoms with van der Waals surface area (Å²) in [5.74, 6) is 5.28. The molecule has 0 saturated heterocycles. The normalized spacial score (nSPS) is 10.7. The van der Waals surface area contributed by atoms with Crippen molar-refractivity contribution in [2.24, 2.45) is 0 Å². The molecule has 8 nitrogen and oxygen atoms in total. The number of hydrogen-bond acceptors (Lipinski definition) is 6. The predicted molar refractivity (Wildman–Crippen MR) is 137 cm³/mol. The minimum Gasteiger partial charge on any atom is -0.383 e. The summed E-state index contributed by atoms with van der Waals surface area (Å²) in [6.07, 6.45) is -3.23. The molecule has 0 radical (unpaired) electrons. The zero-order valence-corrected chi connectivity index (χ0v) is 21.4. The van der Waals surface area contributed by atoms with Gasteiger partial charge in [0.05, 0.1) is 34.9 Å². The van der Waals surface area contributed by atoms with Gasteiger partial charge in [-0.05, 0) is 48.7 Å². The smallest absolute Gasteiger partial charge is 0.383 e. The summed E-state index contributed by atoms with van der Waals surface area (Å²) < 4.78 is 44.6. The van der Waals surface area contributed by atoms with Crippen molar-refractivity contribution in [1.29, 1.82) is 5.26 Å². The van der Waals surface area contributed by atoms with E-state index in [0.29, 0.717) is 28.7 Å². The predicted octanol–water partition coefficient (Wildman–Crippen LogP) is 5.10. The van der Waals surface area contributed by atoms with Crippen molar-refractivity contribution in [3.8, 4) is 17.9 Å². The van der Waals surface area contributed by atoms with Crippen LogP contribution >= 0.6 is 11.3 Å². The standard InChI is InChI=1S/C26H22F3N5O3S/c1-16-4-5-18(23(35)32-20-8-6-19(14-30)22(13-20)26(27,28)29)12-17(16)7-9-21-15-31-24(38-21)33-25(36)34(2)10-11-37-3/h4-6,8,12-13,15H,10-11H2,1-3H3,(H,32,35)(H,31,33,36). The van der Waals surface area contributed by atoms with E-state index in [4.69, 9.17) is 10.00 Å². The molecule has 0 aliphatic heterocycles. The third kappa shape index (κ3) is 7.32. The third-order valence-corrected chi connectivity index (χ3v) is 6.05. The van der Waals surface area contributed by atoms with Gasteiger partial charge in [0.2, 0.25) is 0 Å². The SMILES string of the molecule is COCCN(C)C(=O)Nc1ncc(C#Cc2cc(C(=O)Nc3ccc(C#N)c(C(F)(F)F)c3)ccc2C)s1. The molecule has 0 saturated carbocycles. The van der Waals surface area contributed by atoms with E-state index < -0.39 is 23.2 Å². The molecule has 2 N–H and O–H groups in total. The number of amides is 3. The summed E-state index contributed by atoms with van der Waals surface area (Å²) in [5, 5.41) is 14.4. The van der Waals surface area contributed by atoms with Crippen molar-refractivity contribution in [3.63, 3.8) is 0 Å². The number of nitrogens with one attached hydrogen (secondary N) is 2. The number of aromatic nitrogens is 1. The minimum absolute atomic E-state index is 0.0957. The molecule has 0 spiro atoms. The van der Waals surface area contributed by atoms with Crippen molar-refractivity contribution in [2.75, 3.05) is 37.9 Å². The Kier molecular flexibility index (Phi) is 9.07. The number of alkyl halides is 3. The van der Waals surface area contributed by atoms with Gasteiger partial charge >= 0.3 is 12.2 Å². The Morgan fingerprint density at radius 3 is 2.58 bits per heavy atom. The van der Waals surface area contributed by atoms with Gasteiger partial charge in [0.25, 0.3) is 5.91 Å². The molecule has 0 atom stereocenters. The molecule has 3 amide bonds. The fourth-order valence-corrected chi connectivity index (χ4v) is 3.75. The van der Waals surface area contributed by atoms with Crippen LogP contribution in [-0.4, -0.2) is 49.1 Å². The second-order valence-electron chi connectivity index (χ2n) is 7.98. The van der Waals surface area contributed by atoms with Crippen molar-refractivity contribution in [2.45, 2.75) is 13.1 Å². The molecule has 0 unspecified atom stereocenters. The second kappa shape index (κ2) is 12.2. The van der Waals surface area contributed by atoms with Crippen LogP contribution in [0.4, 0.5) is 28.8 Å². The van der Waals surface area contributed by atoms with Crippen LogP contribution in [0.15, 0.2) is 42.6 Å². The van der Waals surface area contributed by atoms with Crippen LogP contribution < -0.4 is 10.6 Å². The highest BCUT2D eigenvalue weighted by atomic mass is 32.1. The van der Waals surface area contributed by atoms with Crippen molar-refractivity contribution >= 4 is 34.1 Å². The Morgan fingerprint density at radius 2 is 1.89 bits per heavy atom. The first kappa shape index (κ1) is 28.2. The summed E-state index contributed by atoms with van der Waals surface area (Å²) in [7, 11) is 3.18. The average molecular weight is 542 g/mol. The summed E-state index contributed by atoms with van der Waals surface area (Å²) in [6, 6.07) is 8.86. The molecule has 2 aromatic carbocycles. The quantitative estimate of drug-likeness (QED) is 0.422. The van der Waals surface area contributed by atoms with Gasteiger partial charge in [0.15, 0.2) is 5.13 Å². The van der Waals surface area contributed by atoms with Gasteiger partial charge in [0.1, 0.15) is 0 Å². The monoisotopic (exact) mass is 541 g/mol. The van der Waals surface area contributed by atoms with Gasteiger partial charge in [0, 0.05) is 37.5 Å². The highest BCUT2D eigenvalue weighted by Gasteiger charge is 2.34. The lowest BCUT2D eigenvalue weighted by Crippen LogP contribution is -2.33. The number of ether oxygens (including phenoxy) is 1. The molecule has 196 valence electrons. The van der Waals surface area contributed by atoms with E-state index in [1.807, 2.05) is 0 Å². The van der Waals surface area contributed by atoms with Gasteiger partial charge < -0.3 is 15.0 Å². The van der Waals surface area contributed by atoms with Crippen LogP contribution in [0.25, 0.3) is 0 Å². The summed E-state index contributed by atoms with van der Waals surface area (Å²) >= 11 is 1.18. The fraction of sp³-hybridized carbons (Fsp3) is 0.231. The number of hydrogen-bond donors (Lipinski definition) is 2. The van der Waals surface area contributed by atoms with Crippen LogP contribution in [0.2, 0.25) is 0 Å². The largest absolute Gasteiger partial charge is 0.417 e. The number of methoxy groups -OCH3 is 1. The van der Waals surface area contributed by atoms with E-state index in [2.05, 4.69) is 27.5 Å². The molecule has 3 aromatic rings. The Balaban J connectivity index is 1.74. The lowest BCUT2D eigenvalue weighted by Gasteiger charge is -2.15. The van der Waals surface area contributed by atoms with Crippen molar-refractivity contribution in [3.05, 3.63) is 75.3 Å². The number of rotatable bonds is 6. The number of thiazole rings is 1. The van der Waals surface area contributed by atoms with Crippen LogP contribution in [0.1, 0.15) is 37.5 Å². The number of nitriles is 1.